The molecule has 0 bridgehead atoms. The average Bonchev–Trinajstić information content (AvgIpc) is 3.47. The number of anilines is 1. The highest BCUT2D eigenvalue weighted by Gasteiger charge is 2.24. The van der Waals surface area contributed by atoms with Crippen molar-refractivity contribution in [3.63, 3.8) is 0 Å². The zero-order valence-corrected chi connectivity index (χ0v) is 31.7. The third-order valence-corrected chi connectivity index (χ3v) is 10.3. The van der Waals surface area contributed by atoms with Gasteiger partial charge in [-0.25, -0.2) is 0 Å². The first-order valence-electron chi connectivity index (χ1n) is 18.6. The number of fused-ring (bicyclic) bond motifs is 3. The first-order valence-corrected chi connectivity index (χ1v) is 18.6. The van der Waals surface area contributed by atoms with E-state index in [1.54, 1.807) is 0 Å². The Morgan fingerprint density at radius 2 is 1.58 bits per heavy atom. The minimum absolute atomic E-state index is 0.0872. The van der Waals surface area contributed by atoms with Gasteiger partial charge >= 0.3 is 0 Å². The molecule has 1 unspecified atom stereocenters. The summed E-state index contributed by atoms with van der Waals surface area (Å²) in [7, 11) is 0. The highest BCUT2D eigenvalue weighted by molar-refractivity contribution is 6.09. The van der Waals surface area contributed by atoms with E-state index in [0.717, 1.165) is 52.9 Å². The van der Waals surface area contributed by atoms with Crippen LogP contribution in [0.1, 0.15) is 83.5 Å². The molecule has 1 aromatic heterocycles. The molecule has 4 aromatic carbocycles. The summed E-state index contributed by atoms with van der Waals surface area (Å²) in [5.74, 6) is 0. The monoisotopic (exact) mass is 683 g/mol. The summed E-state index contributed by atoms with van der Waals surface area (Å²) in [5.41, 5.74) is 20.9. The van der Waals surface area contributed by atoms with E-state index >= 15 is 0 Å². The Labute approximate surface area is 311 Å². The Balaban J connectivity index is 1.41. The second-order valence-corrected chi connectivity index (χ2v) is 14.7. The molecule has 1 heterocycles. The zero-order valence-electron chi connectivity index (χ0n) is 31.7. The smallest absolute Gasteiger partial charge is 0.0865 e. The lowest BCUT2D eigenvalue weighted by Crippen LogP contribution is -2.18. The number of hydrogen-bond donors (Lipinski definition) is 2. The highest BCUT2D eigenvalue weighted by atomic mass is 15.0. The molecule has 5 aromatic rings. The van der Waals surface area contributed by atoms with Gasteiger partial charge in [0.2, 0.25) is 0 Å². The van der Waals surface area contributed by atoms with E-state index in [4.69, 9.17) is 5.73 Å². The molecule has 0 aliphatic heterocycles. The van der Waals surface area contributed by atoms with Crippen molar-refractivity contribution in [1.82, 2.24) is 9.88 Å². The van der Waals surface area contributed by atoms with Gasteiger partial charge in [-0.15, -0.1) is 0 Å². The summed E-state index contributed by atoms with van der Waals surface area (Å²) in [4.78, 5) is 0. The van der Waals surface area contributed by atoms with Crippen molar-refractivity contribution < 1.29 is 0 Å². The molecular formula is C49H53N3. The number of rotatable bonds is 11. The average molecular weight is 684 g/mol. The Bertz CT molecular complexity index is 2280. The van der Waals surface area contributed by atoms with Crippen molar-refractivity contribution in [3.05, 3.63) is 191 Å². The molecule has 0 fully saturated rings. The van der Waals surface area contributed by atoms with Gasteiger partial charge in [-0.3, -0.25) is 0 Å². The van der Waals surface area contributed by atoms with E-state index in [1.165, 1.54) is 44.3 Å². The molecule has 0 saturated heterocycles. The number of aromatic nitrogens is 1. The van der Waals surface area contributed by atoms with Crippen LogP contribution in [0.25, 0.3) is 27.4 Å². The van der Waals surface area contributed by atoms with Crippen molar-refractivity contribution >= 4 is 33.1 Å². The Kier molecular flexibility index (Phi) is 11.0. The molecule has 3 N–H and O–H groups in total. The van der Waals surface area contributed by atoms with Crippen LogP contribution < -0.4 is 11.1 Å². The van der Waals surface area contributed by atoms with E-state index in [2.05, 4.69) is 179 Å². The molecule has 264 valence electrons. The summed E-state index contributed by atoms with van der Waals surface area (Å²) < 4.78 is 2.45. The molecule has 0 amide bonds. The van der Waals surface area contributed by atoms with Crippen molar-refractivity contribution in [2.24, 2.45) is 5.41 Å². The second kappa shape index (κ2) is 15.8. The van der Waals surface area contributed by atoms with Crippen molar-refractivity contribution in [2.75, 3.05) is 5.73 Å². The number of hydrogen-bond acceptors (Lipinski definition) is 2. The van der Waals surface area contributed by atoms with Gasteiger partial charge in [0.25, 0.3) is 0 Å². The van der Waals surface area contributed by atoms with E-state index in [1.807, 2.05) is 18.2 Å². The SMILES string of the molecule is C=C\C(=C/C=C(C)/C(CC)=C(/C=C\C)NC1=CC=C(C(C)(C)C)CC1)c1ccc2c(c1)c1ccccc1n2C(c1ccccc1)c1ccccc1N. The van der Waals surface area contributed by atoms with Gasteiger partial charge in [-0.05, 0) is 103 Å². The molecule has 1 atom stereocenters. The molecule has 3 heteroatoms. The molecule has 52 heavy (non-hydrogen) atoms. The number of nitrogens with one attached hydrogen (secondary N) is 1. The summed E-state index contributed by atoms with van der Waals surface area (Å²) >= 11 is 0. The van der Waals surface area contributed by atoms with Crippen LogP contribution >= 0.6 is 0 Å². The van der Waals surface area contributed by atoms with Crippen molar-refractivity contribution in [1.29, 1.82) is 0 Å². The van der Waals surface area contributed by atoms with Gasteiger partial charge in [0.1, 0.15) is 0 Å². The first kappa shape index (κ1) is 36.3. The second-order valence-electron chi connectivity index (χ2n) is 14.7. The predicted octanol–water partition coefficient (Wildman–Crippen LogP) is 13.0. The number of benzene rings is 4. The zero-order chi connectivity index (χ0) is 36.8. The third-order valence-electron chi connectivity index (χ3n) is 10.3. The van der Waals surface area contributed by atoms with Gasteiger partial charge in [-0.1, -0.05) is 143 Å². The molecule has 3 nitrogen and oxygen atoms in total. The topological polar surface area (TPSA) is 43.0 Å². The van der Waals surface area contributed by atoms with Gasteiger partial charge in [-0.2, -0.15) is 0 Å². The molecule has 0 saturated carbocycles. The third kappa shape index (κ3) is 7.55. The van der Waals surface area contributed by atoms with E-state index in [0.29, 0.717) is 0 Å². The number of nitrogens with two attached hydrogens (primary N) is 1. The largest absolute Gasteiger partial charge is 0.398 e. The number of nitrogens with zero attached hydrogens (tertiary/aromatic N) is 1. The van der Waals surface area contributed by atoms with Crippen LogP contribution in [-0.4, -0.2) is 4.57 Å². The van der Waals surface area contributed by atoms with Crippen molar-refractivity contribution in [3.8, 4) is 0 Å². The highest BCUT2D eigenvalue weighted by Crippen LogP contribution is 2.40. The van der Waals surface area contributed by atoms with Crippen LogP contribution in [0, 0.1) is 5.41 Å². The fourth-order valence-electron chi connectivity index (χ4n) is 7.53. The van der Waals surface area contributed by atoms with Crippen LogP contribution in [0.5, 0.6) is 0 Å². The van der Waals surface area contributed by atoms with E-state index < -0.39 is 0 Å². The van der Waals surface area contributed by atoms with Crippen molar-refractivity contribution in [2.45, 2.75) is 66.8 Å². The molecular weight excluding hydrogens is 631 g/mol. The lowest BCUT2D eigenvalue weighted by molar-refractivity contribution is 0.477. The predicted molar refractivity (Wildman–Crippen MR) is 226 cm³/mol. The minimum atomic E-state index is -0.0872. The Morgan fingerprint density at radius 3 is 2.25 bits per heavy atom. The molecule has 0 radical (unpaired) electrons. The molecule has 1 aliphatic rings. The Morgan fingerprint density at radius 1 is 0.865 bits per heavy atom. The fourth-order valence-corrected chi connectivity index (χ4v) is 7.53. The summed E-state index contributed by atoms with van der Waals surface area (Å²) in [6.07, 6.45) is 18.3. The number of nitrogen functional groups attached to an aromatic ring is 1. The van der Waals surface area contributed by atoms with Crippen LogP contribution in [0.2, 0.25) is 0 Å². The summed E-state index contributed by atoms with van der Waals surface area (Å²) in [6.45, 7) is 17.7. The minimum Gasteiger partial charge on any atom is -0.398 e. The maximum atomic E-state index is 6.67. The molecule has 0 spiro atoms. The fraction of sp³-hybridized carbons (Fsp3) is 0.224. The van der Waals surface area contributed by atoms with E-state index in [9.17, 15) is 0 Å². The van der Waals surface area contributed by atoms with Crippen LogP contribution in [-0.2, 0) is 0 Å². The lowest BCUT2D eigenvalue weighted by atomic mass is 9.81. The summed E-state index contributed by atoms with van der Waals surface area (Å²) in [5, 5.41) is 6.20. The number of para-hydroxylation sites is 2. The van der Waals surface area contributed by atoms with Gasteiger partial charge in [0, 0.05) is 38.9 Å². The maximum absolute atomic E-state index is 6.67. The molecule has 1 aliphatic carbocycles. The van der Waals surface area contributed by atoms with E-state index in [-0.39, 0.29) is 11.5 Å². The summed E-state index contributed by atoms with van der Waals surface area (Å²) in [6, 6.07) is 34.3. The Hall–Kier alpha value is -5.54. The quantitative estimate of drug-likeness (QED) is 0.107. The lowest BCUT2D eigenvalue weighted by Gasteiger charge is -2.27. The normalized spacial score (nSPS) is 15.4. The van der Waals surface area contributed by atoms with Gasteiger partial charge in [0.15, 0.2) is 0 Å². The maximum Gasteiger partial charge on any atom is 0.0865 e. The van der Waals surface area contributed by atoms with Crippen LogP contribution in [0.15, 0.2) is 174 Å². The number of allylic oxidation sites excluding steroid dienone is 12. The first-order chi connectivity index (χ1) is 25.1. The van der Waals surface area contributed by atoms with Gasteiger partial charge < -0.3 is 15.6 Å². The van der Waals surface area contributed by atoms with Gasteiger partial charge in [0.05, 0.1) is 11.6 Å². The van der Waals surface area contributed by atoms with Crippen LogP contribution in [0.3, 0.4) is 0 Å². The van der Waals surface area contributed by atoms with Crippen LogP contribution in [0.4, 0.5) is 5.69 Å². The molecule has 6 rings (SSSR count). The standard InChI is InChI=1S/C49H53N3/c1-8-18-45(51-39-30-28-38(29-31-39)49(5,6)7)40(10-3)34(4)25-26-35(9-2)37-27-32-47-43(33-37)41-21-15-17-24-46(41)52(47)48(36-19-12-11-13-20-36)42-22-14-16-23-44(42)50/h8-9,11-28,30,32-33,48,51H,2,10,29,31,50H2,1,3-7H3/b18-8-,34-25+,35-26+,45-40-.